The Hall–Kier alpha value is -2.35. The minimum atomic E-state index is 0.470. The third-order valence-corrected chi connectivity index (χ3v) is 3.89. The van der Waals surface area contributed by atoms with Crippen LogP contribution in [0.15, 0.2) is 54.0 Å². The first kappa shape index (κ1) is 13.6. The Kier molecular flexibility index (Phi) is 3.87. The van der Waals surface area contributed by atoms with Gasteiger partial charge in [0.15, 0.2) is 0 Å². The Morgan fingerprint density at radius 2 is 1.95 bits per heavy atom. The summed E-state index contributed by atoms with van der Waals surface area (Å²) in [6, 6.07) is 14.6. The molecule has 21 heavy (non-hydrogen) atoms. The maximum absolute atomic E-state index is 9.29. The van der Waals surface area contributed by atoms with Gasteiger partial charge in [-0.1, -0.05) is 11.6 Å². The van der Waals surface area contributed by atoms with Crippen molar-refractivity contribution in [3.05, 3.63) is 64.6 Å². The molecule has 2 aromatic carbocycles. The summed E-state index contributed by atoms with van der Waals surface area (Å²) in [7, 11) is 0. The first-order valence-electron chi connectivity index (χ1n) is 6.14. The van der Waals surface area contributed by atoms with E-state index in [0.717, 1.165) is 10.6 Å². The molecule has 0 N–H and O–H groups in total. The number of hydrogen-bond acceptors (Lipinski definition) is 4. The van der Waals surface area contributed by atoms with E-state index in [2.05, 4.69) is 11.1 Å². The van der Waals surface area contributed by atoms with Gasteiger partial charge in [0.1, 0.15) is 22.6 Å². The van der Waals surface area contributed by atoms with Crippen molar-refractivity contribution < 1.29 is 4.74 Å². The van der Waals surface area contributed by atoms with Crippen molar-refractivity contribution in [2.45, 2.75) is 0 Å². The number of aromatic nitrogens is 1. The van der Waals surface area contributed by atoms with Gasteiger partial charge in [0.05, 0.1) is 5.56 Å². The van der Waals surface area contributed by atoms with Crippen molar-refractivity contribution in [3.8, 4) is 28.1 Å². The summed E-state index contributed by atoms with van der Waals surface area (Å²) in [5.74, 6) is 1.15. The number of halogens is 1. The fourth-order valence-corrected chi connectivity index (χ4v) is 2.60. The van der Waals surface area contributed by atoms with Gasteiger partial charge in [-0.15, -0.1) is 11.3 Å². The average Bonchev–Trinajstić information content (AvgIpc) is 3.04. The predicted molar refractivity (Wildman–Crippen MR) is 83.8 cm³/mol. The molecule has 5 heteroatoms. The Morgan fingerprint density at radius 1 is 1.14 bits per heavy atom. The molecule has 0 amide bonds. The molecule has 1 heterocycles. The first-order chi connectivity index (χ1) is 10.3. The van der Waals surface area contributed by atoms with Crippen LogP contribution < -0.4 is 4.74 Å². The molecule has 0 aliphatic carbocycles. The normalized spacial score (nSPS) is 10.1. The number of nitriles is 1. The Bertz CT molecular complexity index is 792. The predicted octanol–water partition coefficient (Wildman–Crippen LogP) is 5.13. The molecule has 102 valence electrons. The molecule has 3 nitrogen and oxygen atoms in total. The summed E-state index contributed by atoms with van der Waals surface area (Å²) in [5.41, 5.74) is 1.38. The third kappa shape index (κ3) is 3.05. The van der Waals surface area contributed by atoms with Gasteiger partial charge in [0.2, 0.25) is 0 Å². The number of thiazole rings is 1. The molecular formula is C16H9ClN2OS. The summed E-state index contributed by atoms with van der Waals surface area (Å²) in [5, 5.41) is 12.7. The lowest BCUT2D eigenvalue weighted by molar-refractivity contribution is 0.481. The summed E-state index contributed by atoms with van der Waals surface area (Å²) in [6.45, 7) is 0. The standard InChI is InChI=1S/C16H9ClN2OS/c17-13-2-4-14(5-3-13)20-15-6-1-11(9-12(15)10-18)16-19-7-8-21-16/h1-9H. The number of benzene rings is 2. The monoisotopic (exact) mass is 312 g/mol. The van der Waals surface area contributed by atoms with Crippen molar-refractivity contribution in [3.63, 3.8) is 0 Å². The van der Waals surface area contributed by atoms with Crippen LogP contribution in [0.1, 0.15) is 5.56 Å². The van der Waals surface area contributed by atoms with Crippen LogP contribution in [0.25, 0.3) is 10.6 Å². The van der Waals surface area contributed by atoms with E-state index in [1.165, 1.54) is 11.3 Å². The molecule has 1 aromatic heterocycles. The Labute approximate surface area is 131 Å². The number of nitrogens with zero attached hydrogens (tertiary/aromatic N) is 2. The summed E-state index contributed by atoms with van der Waals surface area (Å²) in [6.07, 6.45) is 1.74. The number of ether oxygens (including phenoxy) is 1. The molecule has 0 spiro atoms. The smallest absolute Gasteiger partial charge is 0.145 e. The van der Waals surface area contributed by atoms with Crippen LogP contribution in [0, 0.1) is 11.3 Å². The molecule has 3 aromatic rings. The van der Waals surface area contributed by atoms with E-state index in [9.17, 15) is 5.26 Å². The van der Waals surface area contributed by atoms with Crippen LogP contribution in [-0.2, 0) is 0 Å². The topological polar surface area (TPSA) is 45.9 Å². The van der Waals surface area contributed by atoms with Crippen molar-refractivity contribution in [1.82, 2.24) is 4.98 Å². The quantitative estimate of drug-likeness (QED) is 0.673. The van der Waals surface area contributed by atoms with Crippen LogP contribution in [0.4, 0.5) is 0 Å². The third-order valence-electron chi connectivity index (χ3n) is 2.82. The molecule has 0 aliphatic rings. The van der Waals surface area contributed by atoms with E-state index in [4.69, 9.17) is 16.3 Å². The highest BCUT2D eigenvalue weighted by molar-refractivity contribution is 7.13. The van der Waals surface area contributed by atoms with Crippen LogP contribution in [0.5, 0.6) is 11.5 Å². The van der Waals surface area contributed by atoms with Crippen LogP contribution in [0.2, 0.25) is 5.02 Å². The zero-order valence-electron chi connectivity index (χ0n) is 10.8. The summed E-state index contributed by atoms with van der Waals surface area (Å²) >= 11 is 7.37. The zero-order valence-corrected chi connectivity index (χ0v) is 12.4. The highest BCUT2D eigenvalue weighted by atomic mass is 35.5. The molecule has 0 saturated carbocycles. The Morgan fingerprint density at radius 3 is 2.62 bits per heavy atom. The molecule has 3 rings (SSSR count). The van der Waals surface area contributed by atoms with Gasteiger partial charge < -0.3 is 4.74 Å². The van der Waals surface area contributed by atoms with Crippen LogP contribution in [-0.4, -0.2) is 4.98 Å². The molecule has 0 unspecified atom stereocenters. The SMILES string of the molecule is N#Cc1cc(-c2nccs2)ccc1Oc1ccc(Cl)cc1. The van der Waals surface area contributed by atoms with Crippen LogP contribution >= 0.6 is 22.9 Å². The van der Waals surface area contributed by atoms with E-state index < -0.39 is 0 Å². The lowest BCUT2D eigenvalue weighted by Crippen LogP contribution is -1.89. The van der Waals surface area contributed by atoms with Crippen LogP contribution in [0.3, 0.4) is 0 Å². The van der Waals surface area contributed by atoms with E-state index >= 15 is 0 Å². The van der Waals surface area contributed by atoms with Gasteiger partial charge in [0, 0.05) is 22.2 Å². The largest absolute Gasteiger partial charge is 0.456 e. The van der Waals surface area contributed by atoms with Crippen molar-refractivity contribution in [2.24, 2.45) is 0 Å². The van der Waals surface area contributed by atoms with E-state index in [1.54, 1.807) is 42.6 Å². The first-order valence-corrected chi connectivity index (χ1v) is 7.39. The van der Waals surface area contributed by atoms with Gasteiger partial charge >= 0.3 is 0 Å². The number of hydrogen-bond donors (Lipinski definition) is 0. The highest BCUT2D eigenvalue weighted by Gasteiger charge is 2.08. The van der Waals surface area contributed by atoms with E-state index in [1.807, 2.05) is 11.4 Å². The average molecular weight is 313 g/mol. The molecule has 0 bridgehead atoms. The molecule has 0 saturated heterocycles. The minimum Gasteiger partial charge on any atom is -0.456 e. The molecular weight excluding hydrogens is 304 g/mol. The highest BCUT2D eigenvalue weighted by Crippen LogP contribution is 2.30. The molecule has 0 fully saturated rings. The van der Waals surface area contributed by atoms with E-state index in [-0.39, 0.29) is 0 Å². The van der Waals surface area contributed by atoms with Gasteiger partial charge in [-0.25, -0.2) is 4.98 Å². The maximum Gasteiger partial charge on any atom is 0.145 e. The van der Waals surface area contributed by atoms with Gasteiger partial charge in [-0.2, -0.15) is 5.26 Å². The summed E-state index contributed by atoms with van der Waals surface area (Å²) in [4.78, 5) is 4.24. The molecule has 0 radical (unpaired) electrons. The second-order valence-corrected chi connectivity index (χ2v) is 5.55. The maximum atomic E-state index is 9.29. The lowest BCUT2D eigenvalue weighted by atomic mass is 10.1. The minimum absolute atomic E-state index is 0.470. The van der Waals surface area contributed by atoms with E-state index in [0.29, 0.717) is 22.1 Å². The number of rotatable bonds is 3. The molecule has 0 atom stereocenters. The Balaban J connectivity index is 1.92. The van der Waals surface area contributed by atoms with Gasteiger partial charge in [-0.3, -0.25) is 0 Å². The fraction of sp³-hybridized carbons (Fsp3) is 0. The zero-order chi connectivity index (χ0) is 14.7. The second kappa shape index (κ2) is 5.96. The summed E-state index contributed by atoms with van der Waals surface area (Å²) < 4.78 is 5.73. The van der Waals surface area contributed by atoms with Gasteiger partial charge in [-0.05, 0) is 42.5 Å². The molecule has 0 aliphatic heterocycles. The van der Waals surface area contributed by atoms with Gasteiger partial charge in [0.25, 0.3) is 0 Å². The fourth-order valence-electron chi connectivity index (χ4n) is 1.84. The van der Waals surface area contributed by atoms with Crippen molar-refractivity contribution in [2.75, 3.05) is 0 Å². The lowest BCUT2D eigenvalue weighted by Gasteiger charge is -2.08. The van der Waals surface area contributed by atoms with Crippen molar-refractivity contribution >= 4 is 22.9 Å². The van der Waals surface area contributed by atoms with Crippen molar-refractivity contribution in [1.29, 1.82) is 5.26 Å². The second-order valence-electron chi connectivity index (χ2n) is 4.22.